The van der Waals surface area contributed by atoms with Crippen molar-refractivity contribution in [1.29, 1.82) is 0 Å². The molecule has 4 aromatic carbocycles. The lowest BCUT2D eigenvalue weighted by atomic mass is 9.99. The number of hydrogen-bond donors (Lipinski definition) is 1. The number of aryl methyl sites for hydroxylation is 1. The van der Waals surface area contributed by atoms with Crippen molar-refractivity contribution >= 4 is 43.6 Å². The summed E-state index contributed by atoms with van der Waals surface area (Å²) in [6, 6.07) is 30.6. The van der Waals surface area contributed by atoms with Gasteiger partial charge in [-0.15, -0.1) is 0 Å². The predicted molar refractivity (Wildman–Crippen MR) is 155 cm³/mol. The van der Waals surface area contributed by atoms with Gasteiger partial charge < -0.3 is 9.55 Å². The van der Waals surface area contributed by atoms with E-state index in [-0.39, 0.29) is 0 Å². The molecule has 0 unspecified atom stereocenters. The molecule has 0 fully saturated rings. The van der Waals surface area contributed by atoms with Crippen LogP contribution in [-0.4, -0.2) is 9.55 Å². The number of H-pyrrole nitrogens is 1. The van der Waals surface area contributed by atoms with E-state index >= 15 is 0 Å². The van der Waals surface area contributed by atoms with E-state index in [1.165, 1.54) is 54.7 Å². The molecule has 0 saturated heterocycles. The number of fused-ring (bicyclic) bond motifs is 6. The molecule has 2 heterocycles. The number of nitrogens with one attached hydrogen (secondary N) is 1. The maximum Gasteiger partial charge on any atom is 0.0524 e. The quantitative estimate of drug-likeness (QED) is 0.255. The maximum atomic E-state index is 3.65. The van der Waals surface area contributed by atoms with Crippen LogP contribution in [0.15, 0.2) is 110 Å². The normalized spacial score (nSPS) is 11.0. The van der Waals surface area contributed by atoms with Gasteiger partial charge in [0.2, 0.25) is 0 Å². The summed E-state index contributed by atoms with van der Waals surface area (Å²) in [6.45, 7) is 9.42. The number of hydrogen-bond acceptors (Lipinski definition) is 0. The molecule has 0 aliphatic carbocycles. The summed E-state index contributed by atoms with van der Waals surface area (Å²) in [5, 5.41) is 5.25. The average Bonchev–Trinajstić information content (AvgIpc) is 3.43. The highest BCUT2D eigenvalue weighted by molar-refractivity contribution is 6.10. The minimum atomic E-state index is 0.908. The summed E-state index contributed by atoms with van der Waals surface area (Å²) in [7, 11) is 2.18. The van der Waals surface area contributed by atoms with E-state index in [0.717, 1.165) is 6.42 Å². The van der Waals surface area contributed by atoms with Crippen LogP contribution in [0.4, 0.5) is 0 Å². The molecule has 2 nitrogen and oxygen atoms in total. The first-order valence-electron chi connectivity index (χ1n) is 12.4. The fraction of sp³-hybridized carbons (Fsp3) is 0.152. The summed E-state index contributed by atoms with van der Waals surface area (Å²) < 4.78 is 2.34. The number of benzene rings is 4. The molecular weight excluding hydrogens is 424 g/mol. The van der Waals surface area contributed by atoms with Crippen LogP contribution in [0.25, 0.3) is 43.6 Å². The summed E-state index contributed by atoms with van der Waals surface area (Å²) in [6.07, 6.45) is 6.48. The smallest absolute Gasteiger partial charge is 0.0524 e. The Balaban J connectivity index is 0.000000371. The molecule has 0 amide bonds. The summed E-state index contributed by atoms with van der Waals surface area (Å²) in [4.78, 5) is 3.65. The first-order chi connectivity index (χ1) is 17.2. The van der Waals surface area contributed by atoms with Crippen molar-refractivity contribution in [2.45, 2.75) is 27.2 Å². The Labute approximate surface area is 208 Å². The molecule has 6 rings (SSSR count). The molecule has 0 bridgehead atoms. The second kappa shape index (κ2) is 10.9. The number of nitrogens with zero attached hydrogens (tertiary/aromatic N) is 1. The van der Waals surface area contributed by atoms with E-state index in [0.29, 0.717) is 0 Å². The van der Waals surface area contributed by atoms with Gasteiger partial charge in [-0.1, -0.05) is 111 Å². The zero-order chi connectivity index (χ0) is 24.8. The summed E-state index contributed by atoms with van der Waals surface area (Å²) >= 11 is 0. The second-order valence-electron chi connectivity index (χ2n) is 8.34. The number of para-hydroxylation sites is 4. The van der Waals surface area contributed by atoms with E-state index in [9.17, 15) is 0 Å². The Morgan fingerprint density at radius 3 is 2.09 bits per heavy atom. The Bertz CT molecular complexity index is 1630. The van der Waals surface area contributed by atoms with E-state index in [2.05, 4.69) is 108 Å². The topological polar surface area (TPSA) is 20.7 Å². The number of aromatic nitrogens is 2. The molecule has 0 atom stereocenters. The number of aromatic amines is 1. The lowest BCUT2D eigenvalue weighted by Crippen LogP contribution is -1.95. The molecule has 176 valence electrons. The van der Waals surface area contributed by atoms with E-state index in [1.807, 2.05) is 32.9 Å². The minimum absolute atomic E-state index is 0.908. The van der Waals surface area contributed by atoms with Crippen LogP contribution in [0.2, 0.25) is 0 Å². The highest BCUT2D eigenvalue weighted by Crippen LogP contribution is 2.33. The van der Waals surface area contributed by atoms with Crippen LogP contribution >= 0.6 is 0 Å². The third-order valence-electron chi connectivity index (χ3n) is 6.35. The van der Waals surface area contributed by atoms with E-state index < -0.39 is 0 Å². The molecule has 1 N–H and O–H groups in total. The molecule has 0 spiro atoms. The van der Waals surface area contributed by atoms with E-state index in [1.54, 1.807) is 6.08 Å². The first kappa shape index (κ1) is 24.1. The number of rotatable bonds is 3. The fourth-order valence-electron chi connectivity index (χ4n) is 4.88. The summed E-state index contributed by atoms with van der Waals surface area (Å²) in [5.74, 6) is 0. The Morgan fingerprint density at radius 2 is 1.37 bits per heavy atom. The Hall–Kier alpha value is -4.04. The van der Waals surface area contributed by atoms with Gasteiger partial charge in [0.25, 0.3) is 0 Å². The monoisotopic (exact) mass is 458 g/mol. The van der Waals surface area contributed by atoms with Crippen LogP contribution in [0.3, 0.4) is 0 Å². The molecule has 0 radical (unpaired) electrons. The Kier molecular flexibility index (Phi) is 7.52. The molecular formula is C33H34N2. The van der Waals surface area contributed by atoms with Crippen molar-refractivity contribution in [3.63, 3.8) is 0 Å². The zero-order valence-electron chi connectivity index (χ0n) is 21.2. The molecule has 35 heavy (non-hydrogen) atoms. The molecule has 6 aromatic rings. The van der Waals surface area contributed by atoms with Gasteiger partial charge in [0.1, 0.15) is 0 Å². The molecule has 0 aliphatic rings. The van der Waals surface area contributed by atoms with Crippen molar-refractivity contribution in [2.75, 3.05) is 0 Å². The predicted octanol–water partition coefficient (Wildman–Crippen LogP) is 9.33. The van der Waals surface area contributed by atoms with Gasteiger partial charge >= 0.3 is 0 Å². The molecule has 2 heteroatoms. The van der Waals surface area contributed by atoms with Crippen molar-refractivity contribution in [3.05, 3.63) is 121 Å². The molecule has 0 aliphatic heterocycles. The van der Waals surface area contributed by atoms with Crippen molar-refractivity contribution in [2.24, 2.45) is 7.05 Å². The van der Waals surface area contributed by atoms with Gasteiger partial charge in [-0.25, -0.2) is 0 Å². The standard InChI is InChI=1S/C26H20N2.C5H8.C2H6/c1-28-24-15-5-3-11-20(24)22-13-7-9-18(26(22)28)16-17-8-6-12-21-19-10-2-4-14-23(19)27-25(17)21;1-3-5-4-2;1-2/h2-15,27H,16H2,1H3;3-5H,1H2,2H3;1-2H3/b;5-4-;. The Morgan fingerprint density at radius 1 is 0.743 bits per heavy atom. The third-order valence-corrected chi connectivity index (χ3v) is 6.35. The van der Waals surface area contributed by atoms with Crippen molar-refractivity contribution < 1.29 is 0 Å². The molecule has 0 saturated carbocycles. The second-order valence-corrected chi connectivity index (χ2v) is 8.34. The number of allylic oxidation sites excluding steroid dienone is 3. The lowest BCUT2D eigenvalue weighted by Gasteiger charge is -2.08. The average molecular weight is 459 g/mol. The van der Waals surface area contributed by atoms with Gasteiger partial charge in [0.05, 0.1) is 11.0 Å². The third kappa shape index (κ3) is 4.52. The van der Waals surface area contributed by atoms with Crippen LogP contribution in [0.5, 0.6) is 0 Å². The van der Waals surface area contributed by atoms with Gasteiger partial charge in [-0.05, 0) is 30.2 Å². The van der Waals surface area contributed by atoms with Crippen LogP contribution in [0, 0.1) is 0 Å². The first-order valence-corrected chi connectivity index (χ1v) is 12.4. The largest absolute Gasteiger partial charge is 0.354 e. The van der Waals surface area contributed by atoms with Crippen LogP contribution in [-0.2, 0) is 13.5 Å². The summed E-state index contributed by atoms with van der Waals surface area (Å²) in [5.41, 5.74) is 7.77. The molecule has 2 aromatic heterocycles. The van der Waals surface area contributed by atoms with Gasteiger partial charge in [0.15, 0.2) is 0 Å². The van der Waals surface area contributed by atoms with Gasteiger partial charge in [0, 0.05) is 46.0 Å². The van der Waals surface area contributed by atoms with Crippen LogP contribution < -0.4 is 0 Å². The zero-order valence-corrected chi connectivity index (χ0v) is 21.2. The van der Waals surface area contributed by atoms with Crippen molar-refractivity contribution in [1.82, 2.24) is 9.55 Å². The highest BCUT2D eigenvalue weighted by atomic mass is 14.9. The lowest BCUT2D eigenvalue weighted by molar-refractivity contribution is 1.00. The van der Waals surface area contributed by atoms with Crippen LogP contribution in [0.1, 0.15) is 31.9 Å². The fourth-order valence-corrected chi connectivity index (χ4v) is 4.88. The minimum Gasteiger partial charge on any atom is -0.354 e. The maximum absolute atomic E-state index is 3.65. The van der Waals surface area contributed by atoms with E-state index in [4.69, 9.17) is 0 Å². The highest BCUT2D eigenvalue weighted by Gasteiger charge is 2.13. The van der Waals surface area contributed by atoms with Gasteiger partial charge in [-0.3, -0.25) is 0 Å². The van der Waals surface area contributed by atoms with Gasteiger partial charge in [-0.2, -0.15) is 0 Å². The SMILES string of the molecule is C=C/C=C\C.CC.Cn1c2ccccc2c2cccc(Cc3cccc4c3[nH]c3ccccc34)c21. The van der Waals surface area contributed by atoms with Crippen molar-refractivity contribution in [3.8, 4) is 0 Å².